The van der Waals surface area contributed by atoms with Crippen molar-refractivity contribution in [2.75, 3.05) is 25.1 Å². The van der Waals surface area contributed by atoms with E-state index in [1.807, 2.05) is 6.92 Å². The maximum atomic E-state index is 12.1. The van der Waals surface area contributed by atoms with Crippen molar-refractivity contribution < 1.29 is 9.53 Å². The van der Waals surface area contributed by atoms with E-state index >= 15 is 0 Å². The fraction of sp³-hybridized carbons (Fsp3) is 0.750. The molecule has 1 aromatic rings. The molecule has 6 nitrogen and oxygen atoms in total. The summed E-state index contributed by atoms with van der Waals surface area (Å²) in [7, 11) is 0. The Kier molecular flexibility index (Phi) is 4.71. The molecule has 1 fully saturated rings. The number of nitrogens with zero attached hydrogens (tertiary/aromatic N) is 2. The lowest BCUT2D eigenvalue weighted by Gasteiger charge is -2.34. The highest BCUT2D eigenvalue weighted by Gasteiger charge is 2.30. The number of hydrogen-bond acceptors (Lipinski definition) is 6. The normalized spacial score (nSPS) is 18.0. The highest BCUT2D eigenvalue weighted by Crippen LogP contribution is 2.21. The molecule has 0 bridgehead atoms. The highest BCUT2D eigenvalue weighted by molar-refractivity contribution is 7.17. The Morgan fingerprint density at radius 2 is 2.16 bits per heavy atom. The number of nitrogens with one attached hydrogen (secondary N) is 2. The summed E-state index contributed by atoms with van der Waals surface area (Å²) in [6.07, 6.45) is 2.68. The van der Waals surface area contributed by atoms with E-state index in [2.05, 4.69) is 27.8 Å². The van der Waals surface area contributed by atoms with E-state index in [0.29, 0.717) is 23.4 Å². The Labute approximate surface area is 116 Å². The zero-order chi connectivity index (χ0) is 13.7. The number of anilines is 1. The third-order valence-corrected chi connectivity index (χ3v) is 4.04. The summed E-state index contributed by atoms with van der Waals surface area (Å²) in [5, 5.41) is 15.2. The molecule has 0 aromatic carbocycles. The van der Waals surface area contributed by atoms with Gasteiger partial charge in [0.2, 0.25) is 10.1 Å². The average Bonchev–Trinajstić information content (AvgIpc) is 2.85. The van der Waals surface area contributed by atoms with Crippen molar-refractivity contribution in [3.05, 3.63) is 5.01 Å². The van der Waals surface area contributed by atoms with Crippen LogP contribution < -0.4 is 10.6 Å². The number of hydrogen-bond donors (Lipinski definition) is 2. The van der Waals surface area contributed by atoms with E-state index in [4.69, 9.17) is 4.74 Å². The summed E-state index contributed by atoms with van der Waals surface area (Å²) in [6.45, 7) is 6.34. The number of rotatable bonds is 5. The number of ether oxygens (including phenoxy) is 1. The topological polar surface area (TPSA) is 76.1 Å². The molecular weight excluding hydrogens is 264 g/mol. The highest BCUT2D eigenvalue weighted by atomic mass is 32.1. The number of carbonyl (C=O) groups excluding carboxylic acids is 1. The van der Waals surface area contributed by atoms with Crippen LogP contribution in [0, 0.1) is 0 Å². The molecule has 1 amide bonds. The summed E-state index contributed by atoms with van der Waals surface area (Å²) < 4.78 is 5.31. The third-order valence-electron chi connectivity index (χ3n) is 3.16. The second-order valence-corrected chi connectivity index (χ2v) is 5.94. The minimum Gasteiger partial charge on any atom is -0.381 e. The molecule has 1 saturated heterocycles. The first-order valence-electron chi connectivity index (χ1n) is 6.60. The van der Waals surface area contributed by atoms with Crippen LogP contribution in [0.15, 0.2) is 0 Å². The molecule has 19 heavy (non-hydrogen) atoms. The van der Waals surface area contributed by atoms with Gasteiger partial charge in [-0.05, 0) is 26.2 Å². The fourth-order valence-electron chi connectivity index (χ4n) is 1.89. The van der Waals surface area contributed by atoms with E-state index in [9.17, 15) is 4.79 Å². The molecule has 7 heteroatoms. The van der Waals surface area contributed by atoms with E-state index < -0.39 is 0 Å². The molecule has 0 unspecified atom stereocenters. The van der Waals surface area contributed by atoms with Crippen LogP contribution in [0.2, 0.25) is 0 Å². The van der Waals surface area contributed by atoms with E-state index in [0.717, 1.165) is 25.8 Å². The lowest BCUT2D eigenvalue weighted by atomic mass is 9.92. The first-order valence-corrected chi connectivity index (χ1v) is 7.42. The van der Waals surface area contributed by atoms with Crippen LogP contribution in [0.4, 0.5) is 5.13 Å². The smallest absolute Gasteiger partial charge is 0.282 e. The first kappa shape index (κ1) is 14.2. The molecular formula is C12H20N4O2S. The quantitative estimate of drug-likeness (QED) is 0.860. The van der Waals surface area contributed by atoms with Crippen molar-refractivity contribution in [2.45, 2.75) is 38.6 Å². The van der Waals surface area contributed by atoms with E-state index in [-0.39, 0.29) is 11.4 Å². The minimum atomic E-state index is -0.196. The second kappa shape index (κ2) is 6.29. The predicted molar refractivity (Wildman–Crippen MR) is 74.6 cm³/mol. The van der Waals surface area contributed by atoms with Gasteiger partial charge in [-0.25, -0.2) is 0 Å². The summed E-state index contributed by atoms with van der Waals surface area (Å²) >= 11 is 1.29. The van der Waals surface area contributed by atoms with Crippen molar-refractivity contribution in [2.24, 2.45) is 0 Å². The van der Waals surface area contributed by atoms with Crippen LogP contribution >= 0.6 is 11.3 Å². The van der Waals surface area contributed by atoms with Gasteiger partial charge in [-0.1, -0.05) is 18.3 Å². The third kappa shape index (κ3) is 3.87. The Morgan fingerprint density at radius 3 is 2.84 bits per heavy atom. The van der Waals surface area contributed by atoms with Crippen LogP contribution in [0.3, 0.4) is 0 Å². The molecule has 1 aliphatic rings. The molecule has 1 aromatic heterocycles. The van der Waals surface area contributed by atoms with Gasteiger partial charge in [0, 0.05) is 25.3 Å². The molecule has 106 valence electrons. The van der Waals surface area contributed by atoms with Crippen molar-refractivity contribution >= 4 is 22.4 Å². The van der Waals surface area contributed by atoms with Crippen molar-refractivity contribution in [1.82, 2.24) is 15.5 Å². The van der Waals surface area contributed by atoms with Gasteiger partial charge in [-0.2, -0.15) is 0 Å². The summed E-state index contributed by atoms with van der Waals surface area (Å²) in [6, 6.07) is 0. The largest absolute Gasteiger partial charge is 0.381 e. The molecule has 0 spiro atoms. The Morgan fingerprint density at radius 1 is 1.42 bits per heavy atom. The van der Waals surface area contributed by atoms with Gasteiger partial charge >= 0.3 is 0 Å². The molecule has 2 N–H and O–H groups in total. The van der Waals surface area contributed by atoms with Gasteiger partial charge in [0.15, 0.2) is 0 Å². The Bertz CT molecular complexity index is 429. The molecule has 0 saturated carbocycles. The van der Waals surface area contributed by atoms with Gasteiger partial charge in [-0.3, -0.25) is 4.79 Å². The average molecular weight is 284 g/mol. The molecule has 0 radical (unpaired) electrons. The van der Waals surface area contributed by atoms with Crippen molar-refractivity contribution in [3.63, 3.8) is 0 Å². The molecule has 2 rings (SSSR count). The van der Waals surface area contributed by atoms with Crippen LogP contribution in [0.5, 0.6) is 0 Å². The van der Waals surface area contributed by atoms with Gasteiger partial charge in [0.25, 0.3) is 5.91 Å². The SMILES string of the molecule is CCCNc1nnc(C(=O)NC2(C)CCOCC2)s1. The van der Waals surface area contributed by atoms with Gasteiger partial charge < -0.3 is 15.4 Å². The van der Waals surface area contributed by atoms with Crippen LogP contribution in [-0.2, 0) is 4.74 Å². The number of aromatic nitrogens is 2. The zero-order valence-corrected chi connectivity index (χ0v) is 12.2. The molecule has 0 aliphatic carbocycles. The van der Waals surface area contributed by atoms with Gasteiger partial charge in [0.05, 0.1) is 0 Å². The summed E-state index contributed by atoms with van der Waals surface area (Å²) in [5.41, 5.74) is -0.196. The van der Waals surface area contributed by atoms with Crippen molar-refractivity contribution in [1.29, 1.82) is 0 Å². The van der Waals surface area contributed by atoms with Crippen molar-refractivity contribution in [3.8, 4) is 0 Å². The summed E-state index contributed by atoms with van der Waals surface area (Å²) in [4.78, 5) is 12.1. The van der Waals surface area contributed by atoms with Crippen LogP contribution in [-0.4, -0.2) is 41.4 Å². The van der Waals surface area contributed by atoms with E-state index in [1.165, 1.54) is 11.3 Å². The molecule has 1 aliphatic heterocycles. The van der Waals surface area contributed by atoms with Gasteiger partial charge in [-0.15, -0.1) is 10.2 Å². The predicted octanol–water partition coefficient (Wildman–Crippen LogP) is 1.66. The lowest BCUT2D eigenvalue weighted by molar-refractivity contribution is 0.0422. The molecule has 2 heterocycles. The second-order valence-electron chi connectivity index (χ2n) is 4.97. The van der Waals surface area contributed by atoms with E-state index in [1.54, 1.807) is 0 Å². The lowest BCUT2D eigenvalue weighted by Crippen LogP contribution is -2.49. The van der Waals surface area contributed by atoms with Crippen LogP contribution in [0.1, 0.15) is 42.9 Å². The standard InChI is InChI=1S/C12H20N4O2S/c1-3-6-13-11-16-15-10(19-11)9(17)14-12(2)4-7-18-8-5-12/h3-8H2,1-2H3,(H,13,16)(H,14,17). The number of carbonyl (C=O) groups is 1. The van der Waals surface area contributed by atoms with Crippen LogP contribution in [0.25, 0.3) is 0 Å². The maximum absolute atomic E-state index is 12.1. The monoisotopic (exact) mass is 284 g/mol. The Balaban J connectivity index is 1.93. The minimum absolute atomic E-state index is 0.147. The van der Waals surface area contributed by atoms with Gasteiger partial charge in [0.1, 0.15) is 0 Å². The summed E-state index contributed by atoms with van der Waals surface area (Å²) in [5.74, 6) is -0.147. The maximum Gasteiger partial charge on any atom is 0.282 e. The number of amides is 1. The fourth-order valence-corrected chi connectivity index (χ4v) is 2.56. The first-order chi connectivity index (χ1) is 9.13. The zero-order valence-electron chi connectivity index (χ0n) is 11.4. The Hall–Kier alpha value is -1.21. The molecule has 0 atom stereocenters.